The van der Waals surface area contributed by atoms with Crippen LogP contribution in [0.3, 0.4) is 0 Å². The number of benzene rings is 2. The number of carbonyl (C=O) groups is 1. The molecule has 0 aliphatic carbocycles. The average molecular weight is 338 g/mol. The third-order valence-corrected chi connectivity index (χ3v) is 3.95. The smallest absolute Gasteiger partial charge is 0.336 e. The summed E-state index contributed by atoms with van der Waals surface area (Å²) in [6, 6.07) is 12.3. The van der Waals surface area contributed by atoms with Crippen LogP contribution < -0.4 is 16.7 Å². The van der Waals surface area contributed by atoms with Crippen molar-refractivity contribution in [1.82, 2.24) is 0 Å². The van der Waals surface area contributed by atoms with E-state index in [2.05, 4.69) is 5.32 Å². The fraction of sp³-hybridized carbons (Fsp3) is 0.158. The maximum absolute atomic E-state index is 12.3. The number of nitrogens with one attached hydrogen (secondary N) is 1. The highest BCUT2D eigenvalue weighted by Crippen LogP contribution is 2.21. The molecule has 0 spiro atoms. The van der Waals surface area contributed by atoms with Crippen LogP contribution in [0.4, 0.5) is 5.69 Å². The van der Waals surface area contributed by atoms with E-state index in [0.717, 1.165) is 16.5 Å². The van der Waals surface area contributed by atoms with E-state index in [9.17, 15) is 14.7 Å². The molecular formula is C19H18N2O4. The average Bonchev–Trinajstić information content (AvgIpc) is 2.56. The summed E-state index contributed by atoms with van der Waals surface area (Å²) in [4.78, 5) is 23.8. The number of aromatic hydroxyl groups is 1. The number of aryl methyl sites for hydroxylation is 1. The number of carbonyl (C=O) groups excluding carboxylic acids is 1. The largest absolute Gasteiger partial charge is 0.508 e. The van der Waals surface area contributed by atoms with Gasteiger partial charge in [-0.05, 0) is 48.7 Å². The molecule has 0 unspecified atom stereocenters. The summed E-state index contributed by atoms with van der Waals surface area (Å²) >= 11 is 0. The number of phenolic OH excluding ortho intramolecular Hbond substituents is 1. The van der Waals surface area contributed by atoms with Gasteiger partial charge in [0.15, 0.2) is 0 Å². The second-order valence-electron chi connectivity index (χ2n) is 5.93. The normalized spacial score (nSPS) is 12.1. The summed E-state index contributed by atoms with van der Waals surface area (Å²) in [5.74, 6) is -0.183. The van der Waals surface area contributed by atoms with E-state index in [1.165, 1.54) is 6.07 Å². The van der Waals surface area contributed by atoms with Crippen LogP contribution in [-0.4, -0.2) is 17.1 Å². The van der Waals surface area contributed by atoms with Crippen LogP contribution in [0.5, 0.6) is 5.75 Å². The summed E-state index contributed by atoms with van der Waals surface area (Å²) in [6.07, 6.45) is 0.341. The SMILES string of the molecule is Cc1cc(=O)oc2cc(NC(=O)[C@H](N)Cc3ccc(O)cc3)ccc12. The van der Waals surface area contributed by atoms with Crippen molar-refractivity contribution in [3.8, 4) is 5.75 Å². The topological polar surface area (TPSA) is 106 Å². The monoisotopic (exact) mass is 338 g/mol. The molecular weight excluding hydrogens is 320 g/mol. The Kier molecular flexibility index (Phi) is 4.54. The first-order chi connectivity index (χ1) is 11.9. The van der Waals surface area contributed by atoms with Crippen molar-refractivity contribution >= 4 is 22.6 Å². The molecule has 25 heavy (non-hydrogen) atoms. The van der Waals surface area contributed by atoms with E-state index in [-0.39, 0.29) is 11.7 Å². The number of rotatable bonds is 4. The lowest BCUT2D eigenvalue weighted by Crippen LogP contribution is -2.37. The molecule has 1 heterocycles. The Labute approximate surface area is 143 Å². The first kappa shape index (κ1) is 16.7. The van der Waals surface area contributed by atoms with E-state index >= 15 is 0 Å². The van der Waals surface area contributed by atoms with Crippen LogP contribution >= 0.6 is 0 Å². The minimum Gasteiger partial charge on any atom is -0.508 e. The van der Waals surface area contributed by atoms with Gasteiger partial charge in [0.2, 0.25) is 5.91 Å². The van der Waals surface area contributed by atoms with Gasteiger partial charge in [-0.15, -0.1) is 0 Å². The van der Waals surface area contributed by atoms with Crippen molar-refractivity contribution in [2.75, 3.05) is 5.32 Å². The van der Waals surface area contributed by atoms with Crippen LogP contribution in [0, 0.1) is 6.92 Å². The molecule has 0 saturated heterocycles. The van der Waals surface area contributed by atoms with Gasteiger partial charge in [0.05, 0.1) is 6.04 Å². The Hall–Kier alpha value is -3.12. The van der Waals surface area contributed by atoms with E-state index in [1.54, 1.807) is 42.5 Å². The third kappa shape index (κ3) is 3.87. The molecule has 0 radical (unpaired) electrons. The molecule has 3 aromatic rings. The highest BCUT2D eigenvalue weighted by Gasteiger charge is 2.15. The zero-order valence-electron chi connectivity index (χ0n) is 13.7. The molecule has 1 atom stereocenters. The second-order valence-corrected chi connectivity index (χ2v) is 5.93. The summed E-state index contributed by atoms with van der Waals surface area (Å²) in [6.45, 7) is 1.82. The van der Waals surface area contributed by atoms with Gasteiger partial charge in [-0.2, -0.15) is 0 Å². The Morgan fingerprint density at radius 2 is 1.92 bits per heavy atom. The van der Waals surface area contributed by atoms with Gasteiger partial charge in [-0.25, -0.2) is 4.79 Å². The van der Waals surface area contributed by atoms with Crippen molar-refractivity contribution in [3.63, 3.8) is 0 Å². The molecule has 6 heteroatoms. The first-order valence-electron chi connectivity index (χ1n) is 7.81. The third-order valence-electron chi connectivity index (χ3n) is 3.95. The fourth-order valence-corrected chi connectivity index (χ4v) is 2.62. The number of nitrogens with two attached hydrogens (primary N) is 1. The van der Waals surface area contributed by atoms with Crippen molar-refractivity contribution in [1.29, 1.82) is 0 Å². The second kappa shape index (κ2) is 6.78. The lowest BCUT2D eigenvalue weighted by molar-refractivity contribution is -0.117. The van der Waals surface area contributed by atoms with Gasteiger partial charge in [-0.3, -0.25) is 4.79 Å². The number of hydrogen-bond donors (Lipinski definition) is 3. The molecule has 4 N–H and O–H groups in total. The van der Waals surface area contributed by atoms with Crippen molar-refractivity contribution < 1.29 is 14.3 Å². The molecule has 6 nitrogen and oxygen atoms in total. The van der Waals surface area contributed by atoms with Gasteiger partial charge in [0.25, 0.3) is 0 Å². The molecule has 1 amide bonds. The molecule has 128 valence electrons. The zero-order chi connectivity index (χ0) is 18.0. The Morgan fingerprint density at radius 1 is 1.20 bits per heavy atom. The number of phenols is 1. The van der Waals surface area contributed by atoms with Gasteiger partial charge in [-0.1, -0.05) is 12.1 Å². The van der Waals surface area contributed by atoms with Crippen LogP contribution in [0.2, 0.25) is 0 Å². The van der Waals surface area contributed by atoms with Gasteiger partial charge < -0.3 is 20.6 Å². The van der Waals surface area contributed by atoms with Gasteiger partial charge in [0, 0.05) is 23.2 Å². The van der Waals surface area contributed by atoms with E-state index < -0.39 is 11.7 Å². The summed E-state index contributed by atoms with van der Waals surface area (Å²) in [5, 5.41) is 12.8. The van der Waals surface area contributed by atoms with E-state index in [1.807, 2.05) is 6.92 Å². The predicted molar refractivity (Wildman–Crippen MR) is 95.6 cm³/mol. The molecule has 0 saturated carbocycles. The Morgan fingerprint density at radius 3 is 2.64 bits per heavy atom. The summed E-state index contributed by atoms with van der Waals surface area (Å²) < 4.78 is 5.17. The lowest BCUT2D eigenvalue weighted by Gasteiger charge is -2.13. The van der Waals surface area contributed by atoms with Crippen LogP contribution in [0.15, 0.2) is 57.7 Å². The van der Waals surface area contributed by atoms with Crippen molar-refractivity contribution in [3.05, 3.63) is 70.1 Å². The van der Waals surface area contributed by atoms with Crippen LogP contribution in [-0.2, 0) is 11.2 Å². The number of amides is 1. The van der Waals surface area contributed by atoms with E-state index in [0.29, 0.717) is 17.7 Å². The molecule has 3 rings (SSSR count). The standard InChI is InChI=1S/C19H18N2O4/c1-11-8-18(23)25-17-10-13(4-7-15(11)17)21-19(24)16(20)9-12-2-5-14(22)6-3-12/h2-8,10,16,22H,9,20H2,1H3,(H,21,24)/t16-/m1/s1. The zero-order valence-corrected chi connectivity index (χ0v) is 13.7. The highest BCUT2D eigenvalue weighted by atomic mass is 16.4. The minimum absolute atomic E-state index is 0.162. The Balaban J connectivity index is 1.74. The molecule has 2 aromatic carbocycles. The Bertz CT molecular complexity index is 977. The van der Waals surface area contributed by atoms with Crippen LogP contribution in [0.25, 0.3) is 11.0 Å². The number of anilines is 1. The maximum Gasteiger partial charge on any atom is 0.336 e. The minimum atomic E-state index is -0.746. The number of hydrogen-bond acceptors (Lipinski definition) is 5. The molecule has 0 fully saturated rings. The van der Waals surface area contributed by atoms with Crippen molar-refractivity contribution in [2.24, 2.45) is 5.73 Å². The fourth-order valence-electron chi connectivity index (χ4n) is 2.62. The summed E-state index contributed by atoms with van der Waals surface area (Å²) in [5.41, 5.74) is 8.09. The maximum atomic E-state index is 12.3. The molecule has 0 bridgehead atoms. The number of fused-ring (bicyclic) bond motifs is 1. The molecule has 0 aliphatic rings. The van der Waals surface area contributed by atoms with Crippen molar-refractivity contribution in [2.45, 2.75) is 19.4 Å². The lowest BCUT2D eigenvalue weighted by atomic mass is 10.1. The van der Waals surface area contributed by atoms with Crippen LogP contribution in [0.1, 0.15) is 11.1 Å². The highest BCUT2D eigenvalue weighted by molar-refractivity contribution is 5.96. The molecule has 1 aromatic heterocycles. The molecule has 0 aliphatic heterocycles. The summed E-state index contributed by atoms with van der Waals surface area (Å²) in [7, 11) is 0. The first-order valence-corrected chi connectivity index (χ1v) is 7.81. The predicted octanol–water partition coefficient (Wildman–Crippen LogP) is 2.32. The van der Waals surface area contributed by atoms with Gasteiger partial charge >= 0.3 is 5.63 Å². The van der Waals surface area contributed by atoms with E-state index in [4.69, 9.17) is 10.2 Å². The van der Waals surface area contributed by atoms with Gasteiger partial charge in [0.1, 0.15) is 11.3 Å². The quantitative estimate of drug-likeness (QED) is 0.633.